The predicted molar refractivity (Wildman–Crippen MR) is 36.2 cm³/mol. The van der Waals surface area contributed by atoms with Crippen molar-refractivity contribution in [2.75, 3.05) is 12.8 Å². The largest absolute Gasteiger partial charge is 0.279 e. The van der Waals surface area contributed by atoms with Gasteiger partial charge >= 0.3 is 0 Å². The Balaban J connectivity index is 2.34. The average Bonchev–Trinajstić information content (AvgIpc) is 1.61. The van der Waals surface area contributed by atoms with Crippen LogP contribution in [0, 0.1) is 0 Å². The van der Waals surface area contributed by atoms with Crippen molar-refractivity contribution in [1.29, 1.82) is 0 Å². The SMILES string of the molecule is CCPNPC. The normalized spacial score (nSPS) is 13.0. The molecule has 0 aromatic carbocycles. The van der Waals surface area contributed by atoms with Crippen LogP contribution in [0.25, 0.3) is 0 Å². The van der Waals surface area contributed by atoms with Crippen LogP contribution in [0.1, 0.15) is 6.92 Å². The van der Waals surface area contributed by atoms with Crippen LogP contribution in [0.5, 0.6) is 0 Å². The van der Waals surface area contributed by atoms with E-state index < -0.39 is 0 Å². The Morgan fingerprint density at radius 3 is 2.50 bits per heavy atom. The van der Waals surface area contributed by atoms with Gasteiger partial charge in [-0.3, -0.25) is 4.86 Å². The first kappa shape index (κ1) is 6.82. The fourth-order valence-corrected chi connectivity index (χ4v) is 1.59. The second-order valence-electron chi connectivity index (χ2n) is 0.905. The van der Waals surface area contributed by atoms with Crippen LogP contribution < -0.4 is 4.86 Å². The zero-order valence-corrected chi connectivity index (χ0v) is 6.21. The van der Waals surface area contributed by atoms with Gasteiger partial charge in [-0.05, 0) is 12.8 Å². The van der Waals surface area contributed by atoms with Crippen molar-refractivity contribution in [2.45, 2.75) is 6.92 Å². The maximum atomic E-state index is 3.25. The molecule has 6 heavy (non-hydrogen) atoms. The van der Waals surface area contributed by atoms with Gasteiger partial charge in [0.15, 0.2) is 0 Å². The summed E-state index contributed by atoms with van der Waals surface area (Å²) in [7, 11) is 1.90. The molecule has 0 heterocycles. The molecule has 1 N–H and O–H groups in total. The van der Waals surface area contributed by atoms with E-state index in [-0.39, 0.29) is 0 Å². The van der Waals surface area contributed by atoms with E-state index in [1.807, 2.05) is 0 Å². The first-order valence-corrected chi connectivity index (χ1v) is 4.77. The lowest BCUT2D eigenvalue weighted by Gasteiger charge is -1.92. The monoisotopic (exact) mass is 123 g/mol. The topological polar surface area (TPSA) is 12.0 Å². The molecule has 0 aliphatic heterocycles. The van der Waals surface area contributed by atoms with Crippen molar-refractivity contribution in [1.82, 2.24) is 4.86 Å². The maximum Gasteiger partial charge on any atom is -0.0248 e. The zero-order valence-electron chi connectivity index (χ0n) is 4.21. The molecule has 0 radical (unpaired) electrons. The fourth-order valence-electron chi connectivity index (χ4n) is 0.177. The molecule has 0 bridgehead atoms. The molecule has 0 spiro atoms. The van der Waals surface area contributed by atoms with E-state index in [0.717, 1.165) is 17.5 Å². The van der Waals surface area contributed by atoms with Gasteiger partial charge < -0.3 is 0 Å². The minimum absolute atomic E-state index is 0.927. The van der Waals surface area contributed by atoms with Crippen molar-refractivity contribution < 1.29 is 0 Å². The van der Waals surface area contributed by atoms with Crippen LogP contribution >= 0.6 is 17.5 Å². The molecule has 2 atom stereocenters. The Morgan fingerprint density at radius 1 is 1.67 bits per heavy atom. The molecule has 1 nitrogen and oxygen atoms in total. The van der Waals surface area contributed by atoms with Crippen LogP contribution in [0.15, 0.2) is 0 Å². The number of hydrogen-bond donors (Lipinski definition) is 1. The van der Waals surface area contributed by atoms with Gasteiger partial charge in [0.2, 0.25) is 0 Å². The van der Waals surface area contributed by atoms with Crippen LogP contribution in [-0.2, 0) is 0 Å². The second kappa shape index (κ2) is 5.82. The molecule has 0 aromatic rings. The first-order valence-electron chi connectivity index (χ1n) is 2.06. The van der Waals surface area contributed by atoms with Gasteiger partial charge in [-0.1, -0.05) is 24.4 Å². The highest BCUT2D eigenvalue weighted by molar-refractivity contribution is 7.51. The zero-order chi connectivity index (χ0) is 4.83. The minimum Gasteiger partial charge on any atom is -0.279 e. The van der Waals surface area contributed by atoms with Gasteiger partial charge in [-0.2, -0.15) is 0 Å². The molecule has 0 rings (SSSR count). The maximum absolute atomic E-state index is 3.25. The Bertz CT molecular complexity index is 20.8. The Hall–Kier alpha value is 0.820. The molecule has 0 aromatic heterocycles. The summed E-state index contributed by atoms with van der Waals surface area (Å²) < 4.78 is 0. The Morgan fingerprint density at radius 2 is 2.33 bits per heavy atom. The molecular weight excluding hydrogens is 112 g/mol. The molecule has 0 saturated heterocycles. The van der Waals surface area contributed by atoms with Gasteiger partial charge in [-0.25, -0.2) is 0 Å². The summed E-state index contributed by atoms with van der Waals surface area (Å²) in [5, 5.41) is 0. The lowest BCUT2D eigenvalue weighted by molar-refractivity contribution is 1.48. The van der Waals surface area contributed by atoms with E-state index in [1.54, 1.807) is 0 Å². The quantitative estimate of drug-likeness (QED) is 0.442. The molecular formula is C3H11NP2. The summed E-state index contributed by atoms with van der Waals surface area (Å²) >= 11 is 0. The molecule has 3 heteroatoms. The van der Waals surface area contributed by atoms with Gasteiger partial charge in [0.05, 0.1) is 0 Å². The van der Waals surface area contributed by atoms with E-state index >= 15 is 0 Å². The van der Waals surface area contributed by atoms with Crippen LogP contribution in [0.2, 0.25) is 0 Å². The molecule has 0 aliphatic rings. The molecule has 0 saturated carbocycles. The highest BCUT2D eigenvalue weighted by Crippen LogP contribution is 2.09. The summed E-state index contributed by atoms with van der Waals surface area (Å²) in [6.45, 7) is 4.34. The Labute approximate surface area is 43.0 Å². The summed E-state index contributed by atoms with van der Waals surface area (Å²) in [6.07, 6.45) is 1.28. The molecule has 0 fully saturated rings. The Kier molecular flexibility index (Phi) is 6.62. The van der Waals surface area contributed by atoms with Gasteiger partial charge in [0, 0.05) is 0 Å². The van der Waals surface area contributed by atoms with Gasteiger partial charge in [0.1, 0.15) is 0 Å². The van der Waals surface area contributed by atoms with E-state index in [2.05, 4.69) is 18.4 Å². The number of hydrogen-bond acceptors (Lipinski definition) is 1. The van der Waals surface area contributed by atoms with Gasteiger partial charge in [0.25, 0.3) is 0 Å². The standard InChI is InChI=1S/C3H11NP2/c1-3-6-4-5-2/h4-6H,3H2,1-2H3. The predicted octanol–water partition coefficient (Wildman–Crippen LogP) is 1.41. The van der Waals surface area contributed by atoms with E-state index in [9.17, 15) is 0 Å². The second-order valence-corrected chi connectivity index (χ2v) is 3.47. The van der Waals surface area contributed by atoms with Crippen LogP contribution in [0.3, 0.4) is 0 Å². The van der Waals surface area contributed by atoms with E-state index in [1.165, 1.54) is 6.16 Å². The smallest absolute Gasteiger partial charge is 0.0248 e. The van der Waals surface area contributed by atoms with Crippen molar-refractivity contribution in [3.63, 3.8) is 0 Å². The minimum atomic E-state index is 0.927. The van der Waals surface area contributed by atoms with E-state index in [0.29, 0.717) is 0 Å². The summed E-state index contributed by atoms with van der Waals surface area (Å²) in [5.74, 6) is 0. The number of nitrogens with one attached hydrogen (secondary N) is 1. The van der Waals surface area contributed by atoms with Crippen molar-refractivity contribution in [3.8, 4) is 0 Å². The third kappa shape index (κ3) is 4.82. The van der Waals surface area contributed by atoms with Gasteiger partial charge in [-0.15, -0.1) is 0 Å². The third-order valence-corrected chi connectivity index (χ3v) is 2.45. The third-order valence-electron chi connectivity index (χ3n) is 0.390. The molecule has 0 aliphatic carbocycles. The highest BCUT2D eigenvalue weighted by Gasteiger charge is 1.70. The lowest BCUT2D eigenvalue weighted by Crippen LogP contribution is -1.79. The fraction of sp³-hybridized carbons (Fsp3) is 1.00. The van der Waals surface area contributed by atoms with E-state index in [4.69, 9.17) is 0 Å². The molecule has 2 unspecified atom stereocenters. The molecule has 38 valence electrons. The average molecular weight is 123 g/mol. The summed E-state index contributed by atoms with van der Waals surface area (Å²) in [5.41, 5.74) is 0. The van der Waals surface area contributed by atoms with Crippen LogP contribution in [-0.4, -0.2) is 12.8 Å². The molecule has 0 amide bonds. The van der Waals surface area contributed by atoms with Crippen LogP contribution in [0.4, 0.5) is 0 Å². The van der Waals surface area contributed by atoms with Crippen molar-refractivity contribution >= 4 is 17.5 Å². The summed E-state index contributed by atoms with van der Waals surface area (Å²) in [4.78, 5) is 3.25. The lowest BCUT2D eigenvalue weighted by atomic mass is 11.0. The highest BCUT2D eigenvalue weighted by atomic mass is 31.1. The van der Waals surface area contributed by atoms with Crippen molar-refractivity contribution in [2.24, 2.45) is 0 Å². The first-order chi connectivity index (χ1) is 2.91. The van der Waals surface area contributed by atoms with Crippen molar-refractivity contribution in [3.05, 3.63) is 0 Å². The number of rotatable bonds is 3. The summed E-state index contributed by atoms with van der Waals surface area (Å²) in [6, 6.07) is 0.